The van der Waals surface area contributed by atoms with Crippen LogP contribution in [-0.4, -0.2) is 31.3 Å². The summed E-state index contributed by atoms with van der Waals surface area (Å²) in [4.78, 5) is 2.38. The summed E-state index contributed by atoms with van der Waals surface area (Å²) in [6.07, 6.45) is 1.84. The standard InChI is InChI=1S/C16H26N2O/c1-4-15(17-3)13-5-7-14(8-6-13)18-10-9-16(19)12(2)11-18/h5-8,12,15-17,19H,4,9-11H2,1-3H3. The second-order valence-corrected chi connectivity index (χ2v) is 5.62. The van der Waals surface area contributed by atoms with Crippen LogP contribution in [0.15, 0.2) is 24.3 Å². The van der Waals surface area contributed by atoms with Gasteiger partial charge in [-0.15, -0.1) is 0 Å². The molecular weight excluding hydrogens is 236 g/mol. The smallest absolute Gasteiger partial charge is 0.0599 e. The quantitative estimate of drug-likeness (QED) is 0.875. The molecule has 1 aliphatic rings. The lowest BCUT2D eigenvalue weighted by molar-refractivity contribution is 0.0971. The third-order valence-electron chi connectivity index (χ3n) is 4.28. The van der Waals surface area contributed by atoms with Gasteiger partial charge in [-0.1, -0.05) is 26.0 Å². The van der Waals surface area contributed by atoms with E-state index in [1.54, 1.807) is 0 Å². The molecule has 0 aromatic heterocycles. The Kier molecular flexibility index (Phi) is 4.83. The van der Waals surface area contributed by atoms with Crippen molar-refractivity contribution in [3.63, 3.8) is 0 Å². The summed E-state index contributed by atoms with van der Waals surface area (Å²) in [6.45, 7) is 6.22. The zero-order valence-corrected chi connectivity index (χ0v) is 12.3. The van der Waals surface area contributed by atoms with Crippen LogP contribution in [0, 0.1) is 5.92 Å². The van der Waals surface area contributed by atoms with Crippen molar-refractivity contribution in [1.82, 2.24) is 5.32 Å². The van der Waals surface area contributed by atoms with Gasteiger partial charge in [0.2, 0.25) is 0 Å². The van der Waals surface area contributed by atoms with E-state index in [0.29, 0.717) is 12.0 Å². The molecule has 19 heavy (non-hydrogen) atoms. The summed E-state index contributed by atoms with van der Waals surface area (Å²) in [6, 6.07) is 9.29. The van der Waals surface area contributed by atoms with Crippen LogP contribution >= 0.6 is 0 Å². The van der Waals surface area contributed by atoms with Crippen molar-refractivity contribution in [1.29, 1.82) is 0 Å². The lowest BCUT2D eigenvalue weighted by atomic mass is 9.96. The maximum absolute atomic E-state index is 9.79. The van der Waals surface area contributed by atoms with E-state index in [9.17, 15) is 5.11 Å². The summed E-state index contributed by atoms with van der Waals surface area (Å²) in [5.41, 5.74) is 2.62. The Bertz CT molecular complexity index is 386. The van der Waals surface area contributed by atoms with Crippen LogP contribution in [0.3, 0.4) is 0 Å². The third kappa shape index (κ3) is 3.28. The van der Waals surface area contributed by atoms with Gasteiger partial charge in [-0.05, 0) is 43.5 Å². The van der Waals surface area contributed by atoms with Crippen LogP contribution in [0.5, 0.6) is 0 Å². The highest BCUT2D eigenvalue weighted by atomic mass is 16.3. The molecule has 0 amide bonds. The first-order chi connectivity index (χ1) is 9.15. The predicted octanol–water partition coefficient (Wildman–Crippen LogP) is 2.56. The lowest BCUT2D eigenvalue weighted by Crippen LogP contribution is -2.41. The largest absolute Gasteiger partial charge is 0.393 e. The summed E-state index contributed by atoms with van der Waals surface area (Å²) in [7, 11) is 2.01. The monoisotopic (exact) mass is 262 g/mol. The number of aliphatic hydroxyl groups is 1. The van der Waals surface area contributed by atoms with Crippen molar-refractivity contribution in [3.8, 4) is 0 Å². The van der Waals surface area contributed by atoms with Crippen LogP contribution < -0.4 is 10.2 Å². The van der Waals surface area contributed by atoms with Gasteiger partial charge in [0, 0.05) is 24.8 Å². The number of benzene rings is 1. The highest BCUT2D eigenvalue weighted by Gasteiger charge is 2.24. The number of hydrogen-bond acceptors (Lipinski definition) is 3. The van der Waals surface area contributed by atoms with Crippen molar-refractivity contribution < 1.29 is 5.11 Å². The molecule has 3 heteroatoms. The number of nitrogens with one attached hydrogen (secondary N) is 1. The first-order valence-electron chi connectivity index (χ1n) is 7.36. The molecule has 3 unspecified atom stereocenters. The van der Waals surface area contributed by atoms with Gasteiger partial charge in [0.15, 0.2) is 0 Å². The molecule has 0 aliphatic carbocycles. The predicted molar refractivity (Wildman–Crippen MR) is 80.5 cm³/mol. The Morgan fingerprint density at radius 1 is 1.37 bits per heavy atom. The maximum Gasteiger partial charge on any atom is 0.0599 e. The van der Waals surface area contributed by atoms with E-state index in [0.717, 1.165) is 25.9 Å². The topological polar surface area (TPSA) is 35.5 Å². The van der Waals surface area contributed by atoms with Gasteiger partial charge >= 0.3 is 0 Å². The van der Waals surface area contributed by atoms with E-state index in [4.69, 9.17) is 0 Å². The molecule has 106 valence electrons. The maximum atomic E-state index is 9.79. The second kappa shape index (κ2) is 6.40. The van der Waals surface area contributed by atoms with E-state index in [1.807, 2.05) is 7.05 Å². The molecule has 0 spiro atoms. The van der Waals surface area contributed by atoms with E-state index in [-0.39, 0.29) is 6.10 Å². The fraction of sp³-hybridized carbons (Fsp3) is 0.625. The van der Waals surface area contributed by atoms with Gasteiger partial charge < -0.3 is 15.3 Å². The normalized spacial score (nSPS) is 25.4. The summed E-state index contributed by atoms with van der Waals surface area (Å²) in [5, 5.41) is 13.1. The molecule has 1 saturated heterocycles. The molecule has 3 nitrogen and oxygen atoms in total. The number of rotatable bonds is 4. The zero-order chi connectivity index (χ0) is 13.8. The fourth-order valence-electron chi connectivity index (χ4n) is 2.89. The van der Waals surface area contributed by atoms with Crippen LogP contribution in [0.1, 0.15) is 38.3 Å². The highest BCUT2D eigenvalue weighted by molar-refractivity contribution is 5.48. The molecule has 0 saturated carbocycles. The lowest BCUT2D eigenvalue weighted by Gasteiger charge is -2.36. The van der Waals surface area contributed by atoms with Crippen LogP contribution in [-0.2, 0) is 0 Å². The molecule has 1 aliphatic heterocycles. The molecule has 1 aromatic rings. The Morgan fingerprint density at radius 3 is 2.58 bits per heavy atom. The minimum absolute atomic E-state index is 0.135. The van der Waals surface area contributed by atoms with E-state index < -0.39 is 0 Å². The number of piperidine rings is 1. The number of nitrogens with zero attached hydrogens (tertiary/aromatic N) is 1. The van der Waals surface area contributed by atoms with Gasteiger partial charge in [0.05, 0.1) is 6.10 Å². The second-order valence-electron chi connectivity index (χ2n) is 5.62. The number of hydrogen-bond donors (Lipinski definition) is 2. The van der Waals surface area contributed by atoms with Gasteiger partial charge in [-0.3, -0.25) is 0 Å². The van der Waals surface area contributed by atoms with Crippen molar-refractivity contribution in [2.24, 2.45) is 5.92 Å². The van der Waals surface area contributed by atoms with Crippen molar-refractivity contribution in [3.05, 3.63) is 29.8 Å². The first kappa shape index (κ1) is 14.4. The molecule has 2 rings (SSSR count). The Balaban J connectivity index is 2.06. The van der Waals surface area contributed by atoms with Crippen LogP contribution in [0.2, 0.25) is 0 Å². The molecule has 0 bridgehead atoms. The molecule has 1 heterocycles. The summed E-state index contributed by atoms with van der Waals surface area (Å²) in [5.74, 6) is 0.356. The first-order valence-corrected chi connectivity index (χ1v) is 7.36. The summed E-state index contributed by atoms with van der Waals surface area (Å²) >= 11 is 0. The average molecular weight is 262 g/mol. The molecular formula is C16H26N2O. The van der Waals surface area contributed by atoms with Gasteiger partial charge in [-0.25, -0.2) is 0 Å². The van der Waals surface area contributed by atoms with Gasteiger partial charge in [0.1, 0.15) is 0 Å². The molecule has 0 radical (unpaired) electrons. The SMILES string of the molecule is CCC(NC)c1ccc(N2CCC(O)C(C)C2)cc1. The van der Waals surface area contributed by atoms with Gasteiger partial charge in [-0.2, -0.15) is 0 Å². The number of anilines is 1. The number of aliphatic hydroxyl groups excluding tert-OH is 1. The average Bonchev–Trinajstić information content (AvgIpc) is 2.44. The molecule has 3 atom stereocenters. The Labute approximate surface area is 116 Å². The third-order valence-corrected chi connectivity index (χ3v) is 4.28. The Morgan fingerprint density at radius 2 is 2.05 bits per heavy atom. The zero-order valence-electron chi connectivity index (χ0n) is 12.3. The van der Waals surface area contributed by atoms with Crippen LogP contribution in [0.4, 0.5) is 5.69 Å². The van der Waals surface area contributed by atoms with E-state index >= 15 is 0 Å². The van der Waals surface area contributed by atoms with E-state index in [1.165, 1.54) is 11.3 Å². The van der Waals surface area contributed by atoms with Crippen molar-refractivity contribution >= 4 is 5.69 Å². The fourth-order valence-corrected chi connectivity index (χ4v) is 2.89. The van der Waals surface area contributed by atoms with Crippen molar-refractivity contribution in [2.75, 3.05) is 25.0 Å². The summed E-state index contributed by atoms with van der Waals surface area (Å²) < 4.78 is 0. The van der Waals surface area contributed by atoms with Crippen LogP contribution in [0.25, 0.3) is 0 Å². The Hall–Kier alpha value is -1.06. The minimum Gasteiger partial charge on any atom is -0.393 e. The molecule has 1 fully saturated rings. The molecule has 2 N–H and O–H groups in total. The molecule has 1 aromatic carbocycles. The van der Waals surface area contributed by atoms with Crippen molar-refractivity contribution in [2.45, 2.75) is 38.8 Å². The van der Waals surface area contributed by atoms with E-state index in [2.05, 4.69) is 48.3 Å². The van der Waals surface area contributed by atoms with Gasteiger partial charge in [0.25, 0.3) is 0 Å². The highest BCUT2D eigenvalue weighted by Crippen LogP contribution is 2.25. The minimum atomic E-state index is -0.135.